The van der Waals surface area contributed by atoms with Crippen molar-refractivity contribution >= 4 is 59.6 Å². The topological polar surface area (TPSA) is 133 Å². The van der Waals surface area contributed by atoms with E-state index < -0.39 is 14.9 Å². The number of hydrogen-bond donors (Lipinski definition) is 1. The van der Waals surface area contributed by atoms with Crippen molar-refractivity contribution < 1.29 is 13.3 Å². The van der Waals surface area contributed by atoms with Crippen LogP contribution in [0.25, 0.3) is 15.5 Å². The van der Waals surface area contributed by atoms with E-state index in [2.05, 4.69) is 10.1 Å². The summed E-state index contributed by atoms with van der Waals surface area (Å²) in [5.74, 6) is 0. The molecule has 0 saturated heterocycles. The van der Waals surface area contributed by atoms with Crippen molar-refractivity contribution in [2.24, 2.45) is 5.14 Å². The summed E-state index contributed by atoms with van der Waals surface area (Å²) < 4.78 is 23.5. The van der Waals surface area contributed by atoms with Crippen molar-refractivity contribution in [1.82, 2.24) is 14.6 Å². The molecule has 112 valence electrons. The second-order valence-corrected chi connectivity index (χ2v) is 7.40. The maximum Gasteiger partial charge on any atom is 0.324 e. The van der Waals surface area contributed by atoms with E-state index in [1.165, 1.54) is 16.8 Å². The van der Waals surface area contributed by atoms with Gasteiger partial charge in [-0.15, -0.1) is 22.1 Å². The van der Waals surface area contributed by atoms with Crippen LogP contribution in [-0.4, -0.2) is 27.9 Å². The molecule has 0 fully saturated rings. The first-order valence-electron chi connectivity index (χ1n) is 4.98. The van der Waals surface area contributed by atoms with E-state index in [1.54, 1.807) is 6.07 Å². The SMILES string of the molecule is Br.NS(=O)(=O)c1nn2c(-c3ccc([N+](=O)[O-])s3)cnc2s1. The van der Waals surface area contributed by atoms with Crippen molar-refractivity contribution in [3.8, 4) is 10.6 Å². The highest BCUT2D eigenvalue weighted by molar-refractivity contribution is 8.93. The lowest BCUT2D eigenvalue weighted by Gasteiger charge is -1.92. The van der Waals surface area contributed by atoms with Gasteiger partial charge in [0.2, 0.25) is 9.30 Å². The van der Waals surface area contributed by atoms with Gasteiger partial charge in [0.1, 0.15) is 5.69 Å². The summed E-state index contributed by atoms with van der Waals surface area (Å²) in [5.41, 5.74) is 0.476. The van der Waals surface area contributed by atoms with E-state index >= 15 is 0 Å². The largest absolute Gasteiger partial charge is 0.324 e. The van der Waals surface area contributed by atoms with E-state index in [1.807, 2.05) is 0 Å². The van der Waals surface area contributed by atoms with Crippen molar-refractivity contribution in [1.29, 1.82) is 0 Å². The van der Waals surface area contributed by atoms with Gasteiger partial charge in [0.25, 0.3) is 10.0 Å². The molecule has 0 atom stereocenters. The Kier molecular flexibility index (Phi) is 4.12. The number of primary sulfonamides is 1. The minimum absolute atomic E-state index is 0. The molecule has 0 unspecified atom stereocenters. The number of imidazole rings is 1. The van der Waals surface area contributed by atoms with Gasteiger partial charge in [0, 0.05) is 6.07 Å². The Hall–Kier alpha value is -1.41. The van der Waals surface area contributed by atoms with E-state index in [-0.39, 0.29) is 26.3 Å². The fourth-order valence-electron chi connectivity index (χ4n) is 1.52. The van der Waals surface area contributed by atoms with Crippen LogP contribution >= 0.6 is 39.7 Å². The Balaban J connectivity index is 0.00000161. The predicted molar refractivity (Wildman–Crippen MR) is 82.5 cm³/mol. The molecule has 0 radical (unpaired) electrons. The molecule has 3 aromatic rings. The van der Waals surface area contributed by atoms with Gasteiger partial charge in [0.05, 0.1) is 16.0 Å². The van der Waals surface area contributed by atoms with E-state index in [4.69, 9.17) is 5.14 Å². The van der Waals surface area contributed by atoms with Crippen molar-refractivity contribution in [3.05, 3.63) is 28.4 Å². The van der Waals surface area contributed by atoms with Gasteiger partial charge in [-0.05, 0) is 6.07 Å². The maximum atomic E-state index is 11.2. The van der Waals surface area contributed by atoms with Crippen LogP contribution in [-0.2, 0) is 10.0 Å². The maximum absolute atomic E-state index is 11.2. The molecule has 0 aromatic carbocycles. The summed E-state index contributed by atoms with van der Waals surface area (Å²) in [6.45, 7) is 0. The molecule has 9 nitrogen and oxygen atoms in total. The molecule has 0 aliphatic heterocycles. The molecule has 21 heavy (non-hydrogen) atoms. The van der Waals surface area contributed by atoms with Crippen LogP contribution in [0, 0.1) is 10.1 Å². The van der Waals surface area contributed by atoms with Crippen LogP contribution in [0.3, 0.4) is 0 Å². The average Bonchev–Trinajstić information content (AvgIpc) is 3.01. The number of nitrogens with two attached hydrogens (primary N) is 1. The lowest BCUT2D eigenvalue weighted by Crippen LogP contribution is -2.12. The minimum atomic E-state index is -3.90. The zero-order chi connectivity index (χ0) is 14.5. The van der Waals surface area contributed by atoms with Crippen molar-refractivity contribution in [3.63, 3.8) is 0 Å². The highest BCUT2D eigenvalue weighted by Crippen LogP contribution is 2.33. The molecule has 0 amide bonds. The number of hydrogen-bond acceptors (Lipinski definition) is 8. The average molecular weight is 412 g/mol. The Morgan fingerprint density at radius 3 is 2.62 bits per heavy atom. The summed E-state index contributed by atoms with van der Waals surface area (Å²) in [5, 5.41) is 19.5. The van der Waals surface area contributed by atoms with Gasteiger partial charge in [-0.25, -0.2) is 23.1 Å². The third-order valence-electron chi connectivity index (χ3n) is 2.33. The van der Waals surface area contributed by atoms with Crippen LogP contribution in [0.5, 0.6) is 0 Å². The molecule has 3 aromatic heterocycles. The predicted octanol–water partition coefficient (Wildman–Crippen LogP) is 1.65. The molecule has 0 bridgehead atoms. The number of nitrogens with zero attached hydrogens (tertiary/aromatic N) is 4. The van der Waals surface area contributed by atoms with E-state index in [0.29, 0.717) is 15.5 Å². The van der Waals surface area contributed by atoms with Crippen molar-refractivity contribution in [2.75, 3.05) is 0 Å². The van der Waals surface area contributed by atoms with Gasteiger partial charge in [0.15, 0.2) is 0 Å². The fraction of sp³-hybridized carbons (Fsp3) is 0. The quantitative estimate of drug-likeness (QED) is 0.514. The Labute approximate surface area is 136 Å². The second-order valence-electron chi connectivity index (χ2n) is 3.65. The van der Waals surface area contributed by atoms with Gasteiger partial charge >= 0.3 is 5.00 Å². The fourth-order valence-corrected chi connectivity index (χ4v) is 3.83. The molecule has 3 rings (SSSR count). The van der Waals surface area contributed by atoms with Crippen LogP contribution in [0.15, 0.2) is 22.7 Å². The number of rotatable bonds is 3. The number of thiophene rings is 1. The normalized spacial score (nSPS) is 11.5. The van der Waals surface area contributed by atoms with Gasteiger partial charge in [-0.1, -0.05) is 22.7 Å². The number of halogens is 1. The number of fused-ring (bicyclic) bond motifs is 1. The minimum Gasteiger partial charge on any atom is -0.258 e. The van der Waals surface area contributed by atoms with E-state index in [9.17, 15) is 18.5 Å². The third-order valence-corrected chi connectivity index (χ3v) is 5.63. The van der Waals surface area contributed by atoms with Crippen LogP contribution in [0.1, 0.15) is 0 Å². The third kappa shape index (κ3) is 2.82. The van der Waals surface area contributed by atoms with Gasteiger partial charge in [-0.2, -0.15) is 0 Å². The zero-order valence-corrected chi connectivity index (χ0v) is 14.0. The number of nitro groups is 1. The van der Waals surface area contributed by atoms with Crippen LogP contribution in [0.2, 0.25) is 0 Å². The first-order chi connectivity index (χ1) is 9.36. The number of aromatic nitrogens is 3. The lowest BCUT2D eigenvalue weighted by molar-refractivity contribution is -0.380. The molecule has 3 heterocycles. The van der Waals surface area contributed by atoms with E-state index in [0.717, 1.165) is 22.7 Å². The summed E-state index contributed by atoms with van der Waals surface area (Å²) >= 11 is 1.79. The number of sulfonamides is 1. The Morgan fingerprint density at radius 2 is 2.05 bits per heavy atom. The second kappa shape index (κ2) is 5.42. The molecule has 0 spiro atoms. The zero-order valence-electron chi connectivity index (χ0n) is 9.86. The smallest absolute Gasteiger partial charge is 0.258 e. The molecule has 0 aliphatic carbocycles. The summed E-state index contributed by atoms with van der Waals surface area (Å²) in [4.78, 5) is 15.1. The molecular formula is C8H6BrN5O4S3. The summed E-state index contributed by atoms with van der Waals surface area (Å²) in [6, 6.07) is 2.93. The van der Waals surface area contributed by atoms with Gasteiger partial charge < -0.3 is 0 Å². The van der Waals surface area contributed by atoms with Crippen molar-refractivity contribution in [2.45, 2.75) is 4.34 Å². The van der Waals surface area contributed by atoms with Crippen LogP contribution < -0.4 is 5.14 Å². The first-order valence-corrected chi connectivity index (χ1v) is 8.16. The molecule has 0 aliphatic rings. The van der Waals surface area contributed by atoms with Gasteiger partial charge in [-0.3, -0.25) is 10.1 Å². The highest BCUT2D eigenvalue weighted by Gasteiger charge is 2.20. The molecular weight excluding hydrogens is 406 g/mol. The molecule has 0 saturated carbocycles. The summed E-state index contributed by atoms with van der Waals surface area (Å²) in [6.07, 6.45) is 1.47. The Bertz CT molecular complexity index is 927. The van der Waals surface area contributed by atoms with Crippen LogP contribution in [0.4, 0.5) is 5.00 Å². The first kappa shape index (κ1) is 16.0. The molecule has 2 N–H and O–H groups in total. The standard InChI is InChI=1S/C8H5N5O4S3.BrH/c9-20(16,17)8-11-12-4(3-10-7(12)19-8)5-1-2-6(18-5)13(14)15;/h1-3H,(H2,9,16,17);1H. The lowest BCUT2D eigenvalue weighted by atomic mass is 10.4. The highest BCUT2D eigenvalue weighted by atomic mass is 79.9. The Morgan fingerprint density at radius 1 is 1.33 bits per heavy atom. The molecule has 13 heteroatoms. The summed E-state index contributed by atoms with van der Waals surface area (Å²) in [7, 11) is -3.90. The monoisotopic (exact) mass is 411 g/mol.